The third kappa shape index (κ3) is 1.76. The monoisotopic (exact) mass is 154 g/mol. The minimum absolute atomic E-state index is 0.741. The fourth-order valence-electron chi connectivity index (χ4n) is 0.715. The molecule has 60 valence electrons. The van der Waals surface area contributed by atoms with Gasteiger partial charge in [0, 0.05) is 6.42 Å². The third-order valence-electron chi connectivity index (χ3n) is 1.20. The summed E-state index contributed by atoms with van der Waals surface area (Å²) in [4.78, 5) is 8.41. The van der Waals surface area contributed by atoms with E-state index in [2.05, 4.69) is 20.1 Å². The molecule has 0 saturated heterocycles. The first-order valence-electron chi connectivity index (χ1n) is 3.33. The molecule has 1 rings (SSSR count). The van der Waals surface area contributed by atoms with Gasteiger partial charge in [-0.05, 0) is 0 Å². The van der Waals surface area contributed by atoms with Crippen molar-refractivity contribution in [3.8, 4) is 0 Å². The molecule has 0 radical (unpaired) electrons. The summed E-state index contributed by atoms with van der Waals surface area (Å²) in [6, 6.07) is 0. The first-order chi connectivity index (χ1) is 5.38. The maximum atomic E-state index is 4.62. The molecule has 0 aliphatic rings. The Hall–Kier alpha value is -1.39. The van der Waals surface area contributed by atoms with E-state index in [9.17, 15) is 0 Å². The van der Waals surface area contributed by atoms with E-state index in [1.807, 2.05) is 6.92 Å². The Morgan fingerprint density at radius 2 is 2.55 bits per heavy atom. The smallest absolute Gasteiger partial charge is 0.170 e. The van der Waals surface area contributed by atoms with Gasteiger partial charge >= 0.3 is 0 Å². The molecule has 0 saturated carbocycles. The molecule has 0 aliphatic heterocycles. The molecule has 0 fully saturated rings. The lowest BCUT2D eigenvalue weighted by atomic mass is 10.4. The molecule has 0 bridgehead atoms. The van der Waals surface area contributed by atoms with Crippen LogP contribution in [-0.4, -0.2) is 27.7 Å². The van der Waals surface area contributed by atoms with Gasteiger partial charge in [-0.2, -0.15) is 5.10 Å². The molecular formula is C6H10N4O. The Kier molecular flexibility index (Phi) is 2.59. The molecule has 0 unspecified atom stereocenters. The lowest BCUT2D eigenvalue weighted by Crippen LogP contribution is -2.11. The van der Waals surface area contributed by atoms with E-state index in [-0.39, 0.29) is 0 Å². The van der Waals surface area contributed by atoms with Crippen LogP contribution in [0.4, 0.5) is 0 Å². The van der Waals surface area contributed by atoms with Crippen LogP contribution in [0.25, 0.3) is 0 Å². The van der Waals surface area contributed by atoms with Crippen molar-refractivity contribution in [2.24, 2.45) is 5.16 Å². The zero-order valence-corrected chi connectivity index (χ0v) is 6.56. The van der Waals surface area contributed by atoms with Crippen LogP contribution in [0.15, 0.2) is 17.8 Å². The first-order valence-corrected chi connectivity index (χ1v) is 3.33. The maximum absolute atomic E-state index is 4.62. The van der Waals surface area contributed by atoms with Crippen LogP contribution in [0, 0.1) is 0 Å². The standard InChI is InChI=1S/C6H10N4O/c1-3-6(9-11-2)10-5-7-4-8-10/h4-5H,3H2,1-2H3/b9-6+. The van der Waals surface area contributed by atoms with Gasteiger partial charge in [-0.15, -0.1) is 0 Å². The number of oxime groups is 1. The highest BCUT2D eigenvalue weighted by Crippen LogP contribution is 1.89. The molecule has 0 aromatic carbocycles. The van der Waals surface area contributed by atoms with Gasteiger partial charge in [0.2, 0.25) is 0 Å². The van der Waals surface area contributed by atoms with E-state index in [4.69, 9.17) is 0 Å². The fraction of sp³-hybridized carbons (Fsp3) is 0.500. The lowest BCUT2D eigenvalue weighted by molar-refractivity contribution is 0.211. The zero-order chi connectivity index (χ0) is 8.10. The van der Waals surface area contributed by atoms with Crippen molar-refractivity contribution in [2.75, 3.05) is 7.11 Å². The van der Waals surface area contributed by atoms with Crippen molar-refractivity contribution in [1.29, 1.82) is 0 Å². The second-order valence-corrected chi connectivity index (χ2v) is 1.88. The van der Waals surface area contributed by atoms with Crippen LogP contribution in [0.1, 0.15) is 13.3 Å². The van der Waals surface area contributed by atoms with E-state index >= 15 is 0 Å². The van der Waals surface area contributed by atoms with E-state index < -0.39 is 0 Å². The van der Waals surface area contributed by atoms with Crippen molar-refractivity contribution < 1.29 is 4.84 Å². The lowest BCUT2D eigenvalue weighted by Gasteiger charge is -1.99. The van der Waals surface area contributed by atoms with Gasteiger partial charge in [0.25, 0.3) is 0 Å². The predicted molar refractivity (Wildman–Crippen MR) is 40.2 cm³/mol. The van der Waals surface area contributed by atoms with Crippen molar-refractivity contribution in [3.63, 3.8) is 0 Å². The van der Waals surface area contributed by atoms with Crippen LogP contribution in [-0.2, 0) is 4.84 Å². The first kappa shape index (κ1) is 7.71. The average Bonchev–Trinajstić information content (AvgIpc) is 2.52. The molecule has 0 aliphatic carbocycles. The second kappa shape index (κ2) is 3.70. The Morgan fingerprint density at radius 3 is 3.00 bits per heavy atom. The van der Waals surface area contributed by atoms with Crippen molar-refractivity contribution in [2.45, 2.75) is 13.3 Å². The van der Waals surface area contributed by atoms with Crippen LogP contribution in [0.3, 0.4) is 0 Å². The normalized spacial score (nSPS) is 11.6. The molecule has 0 N–H and O–H groups in total. The summed E-state index contributed by atoms with van der Waals surface area (Å²) < 4.78 is 1.57. The van der Waals surface area contributed by atoms with Gasteiger partial charge in [-0.25, -0.2) is 9.67 Å². The number of hydrogen-bond acceptors (Lipinski definition) is 4. The number of aromatic nitrogens is 3. The second-order valence-electron chi connectivity index (χ2n) is 1.88. The Labute approximate surface area is 64.7 Å². The molecule has 1 heterocycles. The molecule has 5 heteroatoms. The van der Waals surface area contributed by atoms with E-state index in [0.717, 1.165) is 12.3 Å². The van der Waals surface area contributed by atoms with Crippen molar-refractivity contribution in [1.82, 2.24) is 14.8 Å². The summed E-state index contributed by atoms with van der Waals surface area (Å²) in [6.45, 7) is 1.97. The number of rotatable bonds is 2. The van der Waals surface area contributed by atoms with Crippen LogP contribution < -0.4 is 0 Å². The highest BCUT2D eigenvalue weighted by atomic mass is 16.6. The van der Waals surface area contributed by atoms with Gasteiger partial charge in [0.1, 0.15) is 19.8 Å². The van der Waals surface area contributed by atoms with E-state index in [1.54, 1.807) is 11.0 Å². The van der Waals surface area contributed by atoms with Gasteiger partial charge in [-0.1, -0.05) is 12.1 Å². The summed E-state index contributed by atoms with van der Waals surface area (Å²) >= 11 is 0. The minimum Gasteiger partial charge on any atom is -0.398 e. The van der Waals surface area contributed by atoms with E-state index in [1.165, 1.54) is 13.4 Å². The number of nitrogens with zero attached hydrogens (tertiary/aromatic N) is 4. The highest BCUT2D eigenvalue weighted by molar-refractivity contribution is 5.82. The predicted octanol–water partition coefficient (Wildman–Crippen LogP) is 0.496. The molecule has 1 aromatic heterocycles. The zero-order valence-electron chi connectivity index (χ0n) is 6.56. The summed E-state index contributed by atoms with van der Waals surface area (Å²) in [5.41, 5.74) is 0. The molecular weight excluding hydrogens is 144 g/mol. The topological polar surface area (TPSA) is 52.3 Å². The average molecular weight is 154 g/mol. The molecule has 0 atom stereocenters. The van der Waals surface area contributed by atoms with Crippen LogP contribution in [0.5, 0.6) is 0 Å². The van der Waals surface area contributed by atoms with Gasteiger partial charge in [-0.3, -0.25) is 0 Å². The Bertz CT molecular complexity index is 229. The van der Waals surface area contributed by atoms with Crippen LogP contribution >= 0.6 is 0 Å². The van der Waals surface area contributed by atoms with Gasteiger partial charge in [0.15, 0.2) is 5.84 Å². The highest BCUT2D eigenvalue weighted by Gasteiger charge is 1.98. The third-order valence-corrected chi connectivity index (χ3v) is 1.20. The Morgan fingerprint density at radius 1 is 1.73 bits per heavy atom. The molecule has 0 amide bonds. The van der Waals surface area contributed by atoms with Crippen molar-refractivity contribution in [3.05, 3.63) is 12.7 Å². The molecule has 5 nitrogen and oxygen atoms in total. The fourth-order valence-corrected chi connectivity index (χ4v) is 0.715. The maximum Gasteiger partial charge on any atom is 0.170 e. The van der Waals surface area contributed by atoms with E-state index in [0.29, 0.717) is 0 Å². The summed E-state index contributed by atoms with van der Waals surface area (Å²) in [5.74, 6) is 0.741. The van der Waals surface area contributed by atoms with Gasteiger partial charge in [0.05, 0.1) is 0 Å². The molecule has 11 heavy (non-hydrogen) atoms. The summed E-state index contributed by atoms with van der Waals surface area (Å²) in [7, 11) is 1.51. The SMILES string of the molecule is CC/C(=N\OC)n1cncn1. The quantitative estimate of drug-likeness (QED) is 0.354. The van der Waals surface area contributed by atoms with Crippen molar-refractivity contribution >= 4 is 5.84 Å². The van der Waals surface area contributed by atoms with Gasteiger partial charge < -0.3 is 4.84 Å². The summed E-state index contributed by atoms with van der Waals surface area (Å²) in [5, 5.41) is 7.66. The molecule has 0 spiro atoms. The van der Waals surface area contributed by atoms with Crippen LogP contribution in [0.2, 0.25) is 0 Å². The largest absolute Gasteiger partial charge is 0.398 e. The molecule has 1 aromatic rings. The number of hydrogen-bond donors (Lipinski definition) is 0. The summed E-state index contributed by atoms with van der Waals surface area (Å²) in [6.07, 6.45) is 3.80. The Balaban J connectivity index is 2.79. The minimum atomic E-state index is 0.741.